The molecule has 2 bridgehead atoms. The van der Waals surface area contributed by atoms with Crippen LogP contribution in [-0.2, 0) is 17.4 Å². The highest BCUT2D eigenvalue weighted by Crippen LogP contribution is 2.63. The second-order valence-corrected chi connectivity index (χ2v) is 7.31. The van der Waals surface area contributed by atoms with Crippen LogP contribution >= 0.6 is 0 Å². The van der Waals surface area contributed by atoms with Crippen molar-refractivity contribution in [3.05, 3.63) is 52.8 Å². The van der Waals surface area contributed by atoms with Gasteiger partial charge in [-0.3, -0.25) is 4.68 Å². The van der Waals surface area contributed by atoms with Crippen molar-refractivity contribution in [3.8, 4) is 0 Å². The van der Waals surface area contributed by atoms with E-state index >= 15 is 0 Å². The summed E-state index contributed by atoms with van der Waals surface area (Å²) in [7, 11) is 1.53. The third-order valence-electron chi connectivity index (χ3n) is 5.89. The average Bonchev–Trinajstić information content (AvgIpc) is 3.24. The largest absolute Gasteiger partial charge is 0.450 e. The first-order chi connectivity index (χ1) is 12.5. The first-order valence-corrected chi connectivity index (χ1v) is 9.12. The van der Waals surface area contributed by atoms with Crippen molar-refractivity contribution in [1.82, 2.24) is 9.78 Å². The van der Waals surface area contributed by atoms with E-state index in [0.29, 0.717) is 5.92 Å². The third kappa shape index (κ3) is 2.38. The van der Waals surface area contributed by atoms with Gasteiger partial charge in [-0.15, -0.1) is 0 Å². The van der Waals surface area contributed by atoms with Gasteiger partial charge in [0.2, 0.25) is 0 Å². The molecule has 0 radical (unpaired) electrons. The number of benzene rings is 1. The van der Waals surface area contributed by atoms with E-state index in [1.165, 1.54) is 23.5 Å². The Balaban J connectivity index is 1.73. The Morgan fingerprint density at radius 1 is 1.42 bits per heavy atom. The number of ether oxygens (including phenoxy) is 1. The minimum Gasteiger partial charge on any atom is -0.450 e. The van der Waals surface area contributed by atoms with Crippen molar-refractivity contribution in [2.45, 2.75) is 50.6 Å². The smallest absolute Gasteiger partial charge is 0.342 e. The van der Waals surface area contributed by atoms with Crippen molar-refractivity contribution in [2.24, 2.45) is 13.0 Å². The van der Waals surface area contributed by atoms with E-state index in [0.717, 1.165) is 31.2 Å². The molecule has 2 aliphatic carbocycles. The molecule has 1 aromatic heterocycles. The number of nitrogens with zero attached hydrogens (tertiary/aromatic N) is 2. The molecule has 6 heteroatoms. The van der Waals surface area contributed by atoms with Crippen LogP contribution in [0.4, 0.5) is 8.78 Å². The molecule has 1 saturated carbocycles. The van der Waals surface area contributed by atoms with Crippen molar-refractivity contribution in [3.63, 3.8) is 0 Å². The van der Waals surface area contributed by atoms with Gasteiger partial charge in [-0.2, -0.15) is 5.10 Å². The molecule has 138 valence electrons. The molecular weight excluding hydrogens is 338 g/mol. The molecule has 3 unspecified atom stereocenters. The predicted molar refractivity (Wildman–Crippen MR) is 92.1 cm³/mol. The number of carbonyl (C=O) groups excluding carboxylic acids is 1. The van der Waals surface area contributed by atoms with Crippen molar-refractivity contribution < 1.29 is 18.3 Å². The summed E-state index contributed by atoms with van der Waals surface area (Å²) in [6.45, 7) is 2.12. The summed E-state index contributed by atoms with van der Waals surface area (Å²) in [5.74, 6) is -0.116. The second kappa shape index (κ2) is 6.18. The number of esters is 1. The normalized spacial score (nSPS) is 26.3. The Kier molecular flexibility index (Phi) is 4.09. The van der Waals surface area contributed by atoms with E-state index in [2.05, 4.69) is 18.1 Å². The van der Waals surface area contributed by atoms with Gasteiger partial charge in [0.15, 0.2) is 0 Å². The fourth-order valence-electron chi connectivity index (χ4n) is 4.97. The summed E-state index contributed by atoms with van der Waals surface area (Å²) >= 11 is 0. The number of aryl methyl sites for hydroxylation is 1. The maximum atomic E-state index is 13.3. The highest BCUT2D eigenvalue weighted by molar-refractivity contribution is 5.91. The number of hydrogen-bond acceptors (Lipinski definition) is 3. The maximum absolute atomic E-state index is 13.3. The Morgan fingerprint density at radius 2 is 2.19 bits per heavy atom. The molecule has 1 fully saturated rings. The molecule has 0 N–H and O–H groups in total. The number of carbonyl (C=O) groups is 1. The quantitative estimate of drug-likeness (QED) is 0.725. The zero-order valence-electron chi connectivity index (χ0n) is 14.9. The third-order valence-corrected chi connectivity index (χ3v) is 5.89. The summed E-state index contributed by atoms with van der Waals surface area (Å²) in [5, 5.41) is 3.73. The van der Waals surface area contributed by atoms with E-state index < -0.39 is 23.7 Å². The van der Waals surface area contributed by atoms with E-state index in [1.54, 1.807) is 0 Å². The van der Waals surface area contributed by atoms with Crippen LogP contribution in [0, 0.1) is 5.92 Å². The van der Waals surface area contributed by atoms with Gasteiger partial charge in [0.05, 0.1) is 0 Å². The minimum atomic E-state index is -2.81. The van der Waals surface area contributed by atoms with Gasteiger partial charge in [-0.25, -0.2) is 13.6 Å². The van der Waals surface area contributed by atoms with Crippen LogP contribution in [0.1, 0.15) is 72.1 Å². The van der Waals surface area contributed by atoms with Gasteiger partial charge in [0.25, 0.3) is 6.43 Å². The second-order valence-electron chi connectivity index (χ2n) is 7.31. The van der Waals surface area contributed by atoms with Gasteiger partial charge >= 0.3 is 5.97 Å². The fraction of sp³-hybridized carbons (Fsp3) is 0.500. The molecule has 0 saturated heterocycles. The summed E-state index contributed by atoms with van der Waals surface area (Å²) in [4.78, 5) is 12.9. The van der Waals surface area contributed by atoms with Crippen molar-refractivity contribution in [1.29, 1.82) is 0 Å². The first-order valence-electron chi connectivity index (χ1n) is 9.12. The highest BCUT2D eigenvalue weighted by atomic mass is 19.3. The molecule has 0 aliphatic heterocycles. The lowest BCUT2D eigenvalue weighted by Crippen LogP contribution is -2.34. The summed E-state index contributed by atoms with van der Waals surface area (Å²) < 4.78 is 33.8. The summed E-state index contributed by atoms with van der Waals surface area (Å²) in [6, 6.07) is 8.08. The number of halogens is 2. The average molecular weight is 360 g/mol. The molecule has 3 atom stereocenters. The van der Waals surface area contributed by atoms with E-state index in [-0.39, 0.29) is 11.5 Å². The van der Waals surface area contributed by atoms with Gasteiger partial charge in [-0.05, 0) is 36.3 Å². The van der Waals surface area contributed by atoms with E-state index in [4.69, 9.17) is 4.74 Å². The Labute approximate surface area is 151 Å². The zero-order chi connectivity index (χ0) is 18.5. The molecule has 26 heavy (non-hydrogen) atoms. The van der Waals surface area contributed by atoms with Gasteiger partial charge in [-0.1, -0.05) is 37.6 Å². The van der Waals surface area contributed by atoms with Gasteiger partial charge in [0.1, 0.15) is 16.9 Å². The molecule has 2 aromatic rings. The number of rotatable bonds is 5. The van der Waals surface area contributed by atoms with Crippen LogP contribution in [0.15, 0.2) is 30.5 Å². The van der Waals surface area contributed by atoms with E-state index in [9.17, 15) is 13.6 Å². The SMILES string of the molecule is CCCC1C2CCC1(OC(=O)c1cn(C)nc1C(F)F)c1ccccc12. The van der Waals surface area contributed by atoms with Crippen LogP contribution < -0.4 is 0 Å². The van der Waals surface area contributed by atoms with Crippen LogP contribution in [0.2, 0.25) is 0 Å². The van der Waals surface area contributed by atoms with Crippen LogP contribution in [0.25, 0.3) is 0 Å². The lowest BCUT2D eigenvalue weighted by molar-refractivity contribution is -0.0415. The van der Waals surface area contributed by atoms with E-state index in [1.807, 2.05) is 18.2 Å². The number of aromatic nitrogens is 2. The van der Waals surface area contributed by atoms with Crippen LogP contribution in [0.3, 0.4) is 0 Å². The van der Waals surface area contributed by atoms with Crippen LogP contribution in [-0.4, -0.2) is 15.7 Å². The molecule has 1 aromatic carbocycles. The van der Waals surface area contributed by atoms with Crippen molar-refractivity contribution in [2.75, 3.05) is 0 Å². The minimum absolute atomic E-state index is 0.139. The molecule has 4 rings (SSSR count). The highest BCUT2D eigenvalue weighted by Gasteiger charge is 2.59. The Bertz CT molecular complexity index is 848. The first kappa shape index (κ1) is 17.2. The van der Waals surface area contributed by atoms with Gasteiger partial charge in [0, 0.05) is 19.2 Å². The molecule has 0 amide bonds. The Hall–Kier alpha value is -2.24. The van der Waals surface area contributed by atoms with Crippen LogP contribution in [0.5, 0.6) is 0 Å². The lowest BCUT2D eigenvalue weighted by atomic mass is 9.85. The molecule has 1 heterocycles. The summed E-state index contributed by atoms with van der Waals surface area (Å²) in [5.41, 5.74) is 0.932. The molecule has 2 aliphatic rings. The molecule has 0 spiro atoms. The number of fused-ring (bicyclic) bond motifs is 5. The number of hydrogen-bond donors (Lipinski definition) is 0. The Morgan fingerprint density at radius 3 is 2.92 bits per heavy atom. The van der Waals surface area contributed by atoms with Crippen molar-refractivity contribution >= 4 is 5.97 Å². The van der Waals surface area contributed by atoms with Gasteiger partial charge < -0.3 is 4.74 Å². The zero-order valence-corrected chi connectivity index (χ0v) is 14.9. The summed E-state index contributed by atoms with van der Waals surface area (Å²) in [6.07, 6.45) is 2.15. The number of alkyl halides is 2. The predicted octanol–water partition coefficient (Wildman–Crippen LogP) is 4.72. The topological polar surface area (TPSA) is 44.1 Å². The molecule has 4 nitrogen and oxygen atoms in total. The lowest BCUT2D eigenvalue weighted by Gasteiger charge is -2.33. The molecular formula is C20H22F2N2O2. The monoisotopic (exact) mass is 360 g/mol. The standard InChI is InChI=1S/C20H22F2N2O2/c1-3-6-15-13-9-10-20(15,16-8-5-4-7-12(13)16)26-19(25)14-11-24(2)23-17(14)18(21)22/h4-5,7-8,11,13,15,18H,3,6,9-10H2,1-2H3. The maximum Gasteiger partial charge on any atom is 0.342 e. The fourth-order valence-corrected chi connectivity index (χ4v) is 4.97.